The average Bonchev–Trinajstić information content (AvgIpc) is 2.60. The summed E-state index contributed by atoms with van der Waals surface area (Å²) < 4.78 is 5.82. The zero-order valence-corrected chi connectivity index (χ0v) is 9.85. The Hall–Kier alpha value is -1.76. The van der Waals surface area contributed by atoms with Gasteiger partial charge in [-0.25, -0.2) is 4.98 Å². The van der Waals surface area contributed by atoms with Gasteiger partial charge in [0.05, 0.1) is 11.3 Å². The van der Waals surface area contributed by atoms with Crippen molar-refractivity contribution in [3.63, 3.8) is 0 Å². The number of nitrogen functional groups attached to an aromatic ring is 1. The SMILES string of the molecule is N#Cc1cnc(OC2CCCCCC2)c(N)c1. The zero-order valence-electron chi connectivity index (χ0n) is 9.85. The second kappa shape index (κ2) is 5.53. The average molecular weight is 231 g/mol. The Morgan fingerprint density at radius 3 is 2.59 bits per heavy atom. The van der Waals surface area contributed by atoms with Gasteiger partial charge in [0.2, 0.25) is 5.88 Å². The molecular formula is C13H17N3O. The molecule has 0 atom stereocenters. The molecule has 0 aliphatic heterocycles. The highest BCUT2D eigenvalue weighted by molar-refractivity contribution is 5.52. The molecule has 2 rings (SSSR count). The molecule has 4 nitrogen and oxygen atoms in total. The summed E-state index contributed by atoms with van der Waals surface area (Å²) in [4.78, 5) is 4.10. The lowest BCUT2D eigenvalue weighted by Gasteiger charge is -2.17. The van der Waals surface area contributed by atoms with E-state index in [1.807, 2.05) is 6.07 Å². The molecule has 1 aliphatic carbocycles. The van der Waals surface area contributed by atoms with E-state index in [1.165, 1.54) is 31.9 Å². The van der Waals surface area contributed by atoms with Crippen molar-refractivity contribution in [3.05, 3.63) is 17.8 Å². The largest absolute Gasteiger partial charge is 0.473 e. The maximum absolute atomic E-state index is 8.73. The Balaban J connectivity index is 2.05. The fourth-order valence-electron chi connectivity index (χ4n) is 2.15. The van der Waals surface area contributed by atoms with Crippen molar-refractivity contribution in [2.24, 2.45) is 0 Å². The number of anilines is 1. The van der Waals surface area contributed by atoms with E-state index in [4.69, 9.17) is 15.7 Å². The van der Waals surface area contributed by atoms with Gasteiger partial charge >= 0.3 is 0 Å². The maximum atomic E-state index is 8.73. The number of nitriles is 1. The van der Waals surface area contributed by atoms with Gasteiger partial charge < -0.3 is 10.5 Å². The van der Waals surface area contributed by atoms with Crippen LogP contribution in [0, 0.1) is 11.3 Å². The first-order valence-corrected chi connectivity index (χ1v) is 6.12. The van der Waals surface area contributed by atoms with Crippen LogP contribution in [0.1, 0.15) is 44.1 Å². The van der Waals surface area contributed by atoms with E-state index < -0.39 is 0 Å². The molecule has 1 aromatic heterocycles. The molecule has 17 heavy (non-hydrogen) atoms. The highest BCUT2D eigenvalue weighted by Gasteiger charge is 2.15. The molecule has 1 fully saturated rings. The Morgan fingerprint density at radius 2 is 2.00 bits per heavy atom. The van der Waals surface area contributed by atoms with Crippen LogP contribution in [0.5, 0.6) is 5.88 Å². The Kier molecular flexibility index (Phi) is 3.81. The minimum atomic E-state index is 0.222. The molecule has 1 aliphatic rings. The van der Waals surface area contributed by atoms with E-state index in [0.717, 1.165) is 12.8 Å². The van der Waals surface area contributed by atoms with Crippen LogP contribution < -0.4 is 10.5 Å². The molecule has 0 radical (unpaired) electrons. The van der Waals surface area contributed by atoms with Gasteiger partial charge in [0.15, 0.2) is 0 Å². The minimum Gasteiger partial charge on any atom is -0.473 e. The number of nitrogens with zero attached hydrogens (tertiary/aromatic N) is 2. The van der Waals surface area contributed by atoms with Crippen molar-refractivity contribution in [2.75, 3.05) is 5.73 Å². The smallest absolute Gasteiger partial charge is 0.237 e. The van der Waals surface area contributed by atoms with E-state index in [1.54, 1.807) is 6.07 Å². The van der Waals surface area contributed by atoms with E-state index in [-0.39, 0.29) is 6.10 Å². The van der Waals surface area contributed by atoms with Gasteiger partial charge in [-0.05, 0) is 31.7 Å². The molecule has 1 aromatic rings. The van der Waals surface area contributed by atoms with Crippen LogP contribution in [0.4, 0.5) is 5.69 Å². The van der Waals surface area contributed by atoms with E-state index in [9.17, 15) is 0 Å². The normalized spacial score (nSPS) is 17.1. The minimum absolute atomic E-state index is 0.222. The van der Waals surface area contributed by atoms with Gasteiger partial charge in [-0.15, -0.1) is 0 Å². The standard InChI is InChI=1S/C13H17N3O/c14-8-10-7-12(15)13(16-9-10)17-11-5-3-1-2-4-6-11/h7,9,11H,1-6,15H2. The van der Waals surface area contributed by atoms with Crippen LogP contribution in [0.25, 0.3) is 0 Å². The lowest BCUT2D eigenvalue weighted by atomic mass is 10.1. The maximum Gasteiger partial charge on any atom is 0.237 e. The molecule has 0 amide bonds. The fraction of sp³-hybridized carbons (Fsp3) is 0.538. The number of nitrogens with two attached hydrogens (primary N) is 1. The molecule has 0 bridgehead atoms. The number of hydrogen-bond acceptors (Lipinski definition) is 4. The van der Waals surface area contributed by atoms with Crippen LogP contribution >= 0.6 is 0 Å². The van der Waals surface area contributed by atoms with Gasteiger partial charge in [-0.3, -0.25) is 0 Å². The Bertz CT molecular complexity index is 417. The van der Waals surface area contributed by atoms with Crippen LogP contribution in [0.15, 0.2) is 12.3 Å². The quantitative estimate of drug-likeness (QED) is 0.794. The number of hydrogen-bond donors (Lipinski definition) is 1. The summed E-state index contributed by atoms with van der Waals surface area (Å²) in [6.07, 6.45) is 8.86. The van der Waals surface area contributed by atoms with Gasteiger partial charge in [0, 0.05) is 6.20 Å². The van der Waals surface area contributed by atoms with Gasteiger partial charge in [-0.2, -0.15) is 5.26 Å². The molecule has 1 heterocycles. The lowest BCUT2D eigenvalue weighted by Crippen LogP contribution is -2.16. The lowest BCUT2D eigenvalue weighted by molar-refractivity contribution is 0.177. The summed E-state index contributed by atoms with van der Waals surface area (Å²) in [5, 5.41) is 8.73. The molecule has 1 saturated carbocycles. The van der Waals surface area contributed by atoms with Crippen LogP contribution in [0.2, 0.25) is 0 Å². The summed E-state index contributed by atoms with van der Waals surface area (Å²) >= 11 is 0. The summed E-state index contributed by atoms with van der Waals surface area (Å²) in [6.45, 7) is 0. The third-order valence-corrected chi connectivity index (χ3v) is 3.09. The van der Waals surface area contributed by atoms with Crippen LogP contribution in [-0.2, 0) is 0 Å². The summed E-state index contributed by atoms with van der Waals surface area (Å²) in [5.41, 5.74) is 6.73. The predicted octanol–water partition coefficient (Wildman–Crippen LogP) is 2.64. The molecule has 0 saturated heterocycles. The predicted molar refractivity (Wildman–Crippen MR) is 65.5 cm³/mol. The van der Waals surface area contributed by atoms with Gasteiger partial charge in [-0.1, -0.05) is 12.8 Å². The van der Waals surface area contributed by atoms with Gasteiger partial charge in [0.1, 0.15) is 12.2 Å². The topological polar surface area (TPSA) is 71.9 Å². The second-order valence-corrected chi connectivity index (χ2v) is 4.46. The van der Waals surface area contributed by atoms with Crippen LogP contribution in [0.3, 0.4) is 0 Å². The first-order chi connectivity index (χ1) is 8.29. The van der Waals surface area contributed by atoms with Crippen molar-refractivity contribution in [1.29, 1.82) is 5.26 Å². The first-order valence-electron chi connectivity index (χ1n) is 6.12. The number of ether oxygens (including phenoxy) is 1. The molecule has 4 heteroatoms. The second-order valence-electron chi connectivity index (χ2n) is 4.46. The first kappa shape index (κ1) is 11.7. The van der Waals surface area contributed by atoms with Gasteiger partial charge in [0.25, 0.3) is 0 Å². The van der Waals surface area contributed by atoms with Crippen molar-refractivity contribution in [3.8, 4) is 11.9 Å². The summed E-state index contributed by atoms with van der Waals surface area (Å²) in [7, 11) is 0. The molecule has 0 spiro atoms. The molecule has 0 aromatic carbocycles. The third-order valence-electron chi connectivity index (χ3n) is 3.09. The molecule has 90 valence electrons. The Morgan fingerprint density at radius 1 is 1.29 bits per heavy atom. The van der Waals surface area contributed by atoms with Crippen molar-refractivity contribution < 1.29 is 4.74 Å². The monoisotopic (exact) mass is 231 g/mol. The fourth-order valence-corrected chi connectivity index (χ4v) is 2.15. The third kappa shape index (κ3) is 3.10. The zero-order chi connectivity index (χ0) is 12.1. The summed E-state index contributed by atoms with van der Waals surface area (Å²) in [6, 6.07) is 3.62. The molecule has 0 unspecified atom stereocenters. The molecule has 2 N–H and O–H groups in total. The molecular weight excluding hydrogens is 214 g/mol. The van der Waals surface area contributed by atoms with E-state index in [0.29, 0.717) is 17.1 Å². The Labute approximate surface area is 101 Å². The number of rotatable bonds is 2. The van der Waals surface area contributed by atoms with Crippen molar-refractivity contribution in [1.82, 2.24) is 4.98 Å². The van der Waals surface area contributed by atoms with E-state index >= 15 is 0 Å². The van der Waals surface area contributed by atoms with Crippen molar-refractivity contribution >= 4 is 5.69 Å². The highest BCUT2D eigenvalue weighted by Crippen LogP contribution is 2.25. The number of pyridine rings is 1. The van der Waals surface area contributed by atoms with Crippen molar-refractivity contribution in [2.45, 2.75) is 44.6 Å². The highest BCUT2D eigenvalue weighted by atomic mass is 16.5. The number of aromatic nitrogens is 1. The summed E-state index contributed by atoms with van der Waals surface area (Å²) in [5.74, 6) is 0.468. The van der Waals surface area contributed by atoms with Crippen LogP contribution in [-0.4, -0.2) is 11.1 Å². The van der Waals surface area contributed by atoms with E-state index in [2.05, 4.69) is 4.98 Å².